The van der Waals surface area contributed by atoms with Crippen LogP contribution in [0.3, 0.4) is 0 Å². The van der Waals surface area contributed by atoms with Gasteiger partial charge in [-0.1, -0.05) is 6.07 Å². The van der Waals surface area contributed by atoms with Crippen LogP contribution >= 0.6 is 0 Å². The molecule has 1 aliphatic heterocycles. The second kappa shape index (κ2) is 4.62. The molecule has 19 heavy (non-hydrogen) atoms. The Bertz CT molecular complexity index is 521. The van der Waals surface area contributed by atoms with E-state index in [1.807, 2.05) is 27.7 Å². The second-order valence-electron chi connectivity index (χ2n) is 5.69. The van der Waals surface area contributed by atoms with Crippen molar-refractivity contribution in [3.63, 3.8) is 0 Å². The number of hydrogen-bond donors (Lipinski definition) is 0. The fourth-order valence-electron chi connectivity index (χ4n) is 1.85. The van der Waals surface area contributed by atoms with Gasteiger partial charge in [0.2, 0.25) is 5.95 Å². The first-order chi connectivity index (χ1) is 8.77. The summed E-state index contributed by atoms with van der Waals surface area (Å²) in [6.45, 7) is 7.86. The highest BCUT2D eigenvalue weighted by Crippen LogP contribution is 2.36. The Kier molecular flexibility index (Phi) is 3.42. The number of hydrogen-bond acceptors (Lipinski definition) is 3. The monoisotopic (exact) mass is 261 g/mol. The van der Waals surface area contributed by atoms with Crippen molar-refractivity contribution in [2.45, 2.75) is 45.3 Å². The number of rotatable bonds is 2. The van der Waals surface area contributed by atoms with Crippen molar-refractivity contribution in [1.82, 2.24) is 4.98 Å². The highest BCUT2D eigenvalue weighted by Gasteiger charge is 2.51. The fraction of sp³-hybridized carbons (Fsp3) is 0.500. The number of pyridine rings is 1. The van der Waals surface area contributed by atoms with Gasteiger partial charge in [-0.15, -0.1) is 12.3 Å². The van der Waals surface area contributed by atoms with E-state index in [2.05, 4.69) is 10.9 Å². The molecule has 100 valence electrons. The zero-order valence-electron chi connectivity index (χ0n) is 11.7. The minimum Gasteiger partial charge on any atom is -0.399 e. The van der Waals surface area contributed by atoms with Crippen LogP contribution in [0.15, 0.2) is 12.3 Å². The average Bonchev–Trinajstić information content (AvgIpc) is 2.51. The van der Waals surface area contributed by atoms with Gasteiger partial charge in [-0.3, -0.25) is 0 Å². The summed E-state index contributed by atoms with van der Waals surface area (Å²) >= 11 is 0. The summed E-state index contributed by atoms with van der Waals surface area (Å²) in [5.74, 6) is 1.87. The van der Waals surface area contributed by atoms with Crippen LogP contribution in [0.25, 0.3) is 0 Å². The topological polar surface area (TPSA) is 31.4 Å². The Balaban J connectivity index is 2.30. The molecule has 1 saturated heterocycles. The third-order valence-corrected chi connectivity index (χ3v) is 3.75. The van der Waals surface area contributed by atoms with Crippen LogP contribution in [-0.2, 0) is 15.7 Å². The minimum atomic E-state index is -0.547. The smallest absolute Gasteiger partial charge is 0.399 e. The molecular formula is C14H17BFNO2. The zero-order chi connectivity index (χ0) is 14.3. The average molecular weight is 261 g/mol. The lowest BCUT2D eigenvalue weighted by molar-refractivity contribution is 0.00578. The Labute approximate surface area is 113 Å². The molecule has 5 heteroatoms. The lowest BCUT2D eigenvalue weighted by atomic mass is 9.79. The van der Waals surface area contributed by atoms with E-state index in [1.54, 1.807) is 6.07 Å². The van der Waals surface area contributed by atoms with Gasteiger partial charge >= 0.3 is 7.12 Å². The van der Waals surface area contributed by atoms with Crippen LogP contribution in [0.2, 0.25) is 0 Å². The summed E-state index contributed by atoms with van der Waals surface area (Å²) < 4.78 is 25.2. The molecule has 0 aromatic carbocycles. The lowest BCUT2D eigenvalue weighted by Gasteiger charge is -2.32. The zero-order valence-corrected chi connectivity index (χ0v) is 11.7. The van der Waals surface area contributed by atoms with E-state index in [1.165, 1.54) is 6.20 Å². The molecule has 0 amide bonds. The molecular weight excluding hydrogens is 244 g/mol. The number of nitrogens with zero attached hydrogens (tertiary/aromatic N) is 1. The number of halogens is 1. The highest BCUT2D eigenvalue weighted by atomic mass is 19.1. The first kappa shape index (κ1) is 14.0. The molecule has 1 fully saturated rings. The minimum absolute atomic E-state index is 0.201. The van der Waals surface area contributed by atoms with Crippen LogP contribution in [-0.4, -0.2) is 23.3 Å². The molecule has 0 unspecified atom stereocenters. The Morgan fingerprint density at radius 3 is 2.42 bits per heavy atom. The van der Waals surface area contributed by atoms with Crippen molar-refractivity contribution in [3.05, 3.63) is 23.8 Å². The predicted molar refractivity (Wildman–Crippen MR) is 72.4 cm³/mol. The Morgan fingerprint density at radius 1 is 1.32 bits per heavy atom. The maximum atomic E-state index is 13.5. The van der Waals surface area contributed by atoms with E-state index in [9.17, 15) is 4.39 Å². The van der Waals surface area contributed by atoms with Gasteiger partial charge in [0.05, 0.1) is 11.2 Å². The van der Waals surface area contributed by atoms with E-state index in [-0.39, 0.29) is 6.42 Å². The standard InChI is InChI=1S/C14H17BFNO2/c1-6-7-10-8-11(9-17-12(10)16)15-18-13(2,3)14(4,5)19-15/h1,8-9H,7H2,2-5H3. The molecule has 2 rings (SSSR count). The highest BCUT2D eigenvalue weighted by molar-refractivity contribution is 6.62. The van der Waals surface area contributed by atoms with Gasteiger partial charge in [0.1, 0.15) is 0 Å². The van der Waals surface area contributed by atoms with Crippen LogP contribution < -0.4 is 5.46 Å². The third kappa shape index (κ3) is 2.51. The van der Waals surface area contributed by atoms with Gasteiger partial charge < -0.3 is 9.31 Å². The van der Waals surface area contributed by atoms with E-state index in [4.69, 9.17) is 15.7 Å². The molecule has 0 radical (unpaired) electrons. The summed E-state index contributed by atoms with van der Waals surface area (Å²) in [4.78, 5) is 3.72. The van der Waals surface area contributed by atoms with E-state index in [0.717, 1.165) is 0 Å². The van der Waals surface area contributed by atoms with Gasteiger partial charge in [0, 0.05) is 23.6 Å². The fourth-order valence-corrected chi connectivity index (χ4v) is 1.85. The molecule has 0 aliphatic carbocycles. The molecule has 0 saturated carbocycles. The van der Waals surface area contributed by atoms with Crippen molar-refractivity contribution >= 4 is 12.6 Å². The summed E-state index contributed by atoms with van der Waals surface area (Å²) in [6.07, 6.45) is 6.84. The molecule has 0 atom stereocenters. The quantitative estimate of drug-likeness (QED) is 0.461. The SMILES string of the molecule is C#CCc1cc(B2OC(C)(C)C(C)(C)O2)cnc1F. The van der Waals surface area contributed by atoms with Gasteiger partial charge in [0.25, 0.3) is 0 Å². The number of terminal acetylenes is 1. The van der Waals surface area contributed by atoms with Gasteiger partial charge in [-0.05, 0) is 27.7 Å². The summed E-state index contributed by atoms with van der Waals surface area (Å²) in [6, 6.07) is 1.66. The first-order valence-electron chi connectivity index (χ1n) is 6.20. The predicted octanol–water partition coefficient (Wildman–Crippen LogP) is 1.70. The first-order valence-corrected chi connectivity index (χ1v) is 6.20. The summed E-state index contributed by atoms with van der Waals surface area (Å²) in [5.41, 5.74) is 0.205. The molecule has 0 spiro atoms. The number of aromatic nitrogens is 1. The van der Waals surface area contributed by atoms with Crippen molar-refractivity contribution in [2.75, 3.05) is 0 Å². The van der Waals surface area contributed by atoms with Crippen molar-refractivity contribution in [3.8, 4) is 12.3 Å². The van der Waals surface area contributed by atoms with Crippen molar-refractivity contribution in [2.24, 2.45) is 0 Å². The molecule has 0 N–H and O–H groups in total. The Hall–Kier alpha value is -1.38. The van der Waals surface area contributed by atoms with E-state index < -0.39 is 24.3 Å². The van der Waals surface area contributed by atoms with Crippen molar-refractivity contribution < 1.29 is 13.7 Å². The second-order valence-corrected chi connectivity index (χ2v) is 5.69. The molecule has 3 nitrogen and oxygen atoms in total. The van der Waals surface area contributed by atoms with Gasteiger partial charge in [-0.2, -0.15) is 4.39 Å². The van der Waals surface area contributed by atoms with Crippen LogP contribution in [0.1, 0.15) is 33.3 Å². The van der Waals surface area contributed by atoms with E-state index in [0.29, 0.717) is 11.0 Å². The summed E-state index contributed by atoms with van der Waals surface area (Å²) in [7, 11) is -0.547. The van der Waals surface area contributed by atoms with Gasteiger partial charge in [-0.25, -0.2) is 4.98 Å². The Morgan fingerprint density at radius 2 is 1.89 bits per heavy atom. The molecule has 1 aromatic heterocycles. The molecule has 1 aromatic rings. The van der Waals surface area contributed by atoms with Crippen molar-refractivity contribution in [1.29, 1.82) is 0 Å². The normalized spacial score (nSPS) is 20.3. The maximum absolute atomic E-state index is 13.5. The maximum Gasteiger partial charge on any atom is 0.496 e. The molecule has 1 aliphatic rings. The molecule has 0 bridgehead atoms. The largest absolute Gasteiger partial charge is 0.496 e. The van der Waals surface area contributed by atoms with Gasteiger partial charge in [0.15, 0.2) is 0 Å². The van der Waals surface area contributed by atoms with Crippen LogP contribution in [0.4, 0.5) is 4.39 Å². The third-order valence-electron chi connectivity index (χ3n) is 3.75. The van der Waals surface area contributed by atoms with Crippen LogP contribution in [0, 0.1) is 18.3 Å². The summed E-state index contributed by atoms with van der Waals surface area (Å²) in [5, 5.41) is 0. The van der Waals surface area contributed by atoms with Crippen LogP contribution in [0.5, 0.6) is 0 Å². The molecule has 2 heterocycles. The van der Waals surface area contributed by atoms with E-state index >= 15 is 0 Å². The lowest BCUT2D eigenvalue weighted by Crippen LogP contribution is -2.41.